The molecule has 1 saturated carbocycles. The number of hydrogen-bond donors (Lipinski definition) is 3. The number of nitrogens with zero attached hydrogens (tertiary/aromatic N) is 3. The minimum atomic E-state index is -0.276. The number of nitrogens with one attached hydrogen (secondary N) is 2. The second-order valence-electron chi connectivity index (χ2n) is 7.97. The third-order valence-electron chi connectivity index (χ3n) is 5.73. The zero-order chi connectivity index (χ0) is 21.3. The summed E-state index contributed by atoms with van der Waals surface area (Å²) < 4.78 is 6.82. The van der Waals surface area contributed by atoms with E-state index in [9.17, 15) is 14.7 Å². The summed E-state index contributed by atoms with van der Waals surface area (Å²) in [5.74, 6) is -0.144. The zero-order valence-corrected chi connectivity index (χ0v) is 17.2. The molecule has 0 spiro atoms. The lowest BCUT2D eigenvalue weighted by Gasteiger charge is -2.26. The third-order valence-corrected chi connectivity index (χ3v) is 5.73. The van der Waals surface area contributed by atoms with Gasteiger partial charge < -0.3 is 19.7 Å². The highest BCUT2D eigenvalue weighted by atomic mass is 16.5. The first-order chi connectivity index (χ1) is 14.5. The van der Waals surface area contributed by atoms with E-state index >= 15 is 0 Å². The number of carbonyl (C=O) groups excluding carboxylic acids is 1. The topological polar surface area (TPSA) is 116 Å². The maximum atomic E-state index is 12.9. The third kappa shape index (κ3) is 4.03. The number of benzene rings is 1. The Labute approximate surface area is 173 Å². The minimum absolute atomic E-state index is 0.0700. The van der Waals surface area contributed by atoms with Crippen LogP contribution >= 0.6 is 0 Å². The lowest BCUT2D eigenvalue weighted by Crippen LogP contribution is -2.27. The highest BCUT2D eigenvalue weighted by Gasteiger charge is 2.24. The van der Waals surface area contributed by atoms with Crippen LogP contribution in [-0.2, 0) is 17.9 Å². The van der Waals surface area contributed by atoms with Gasteiger partial charge in [-0.05, 0) is 49.9 Å². The number of ether oxygens (including phenoxy) is 1. The first kappa shape index (κ1) is 20.4. The molecule has 9 heteroatoms. The minimum Gasteiger partial charge on any atom is -0.393 e. The summed E-state index contributed by atoms with van der Waals surface area (Å²) in [5.41, 5.74) is 3.37. The lowest BCUT2D eigenvalue weighted by atomic mass is 9.93. The Hall–Kier alpha value is -2.91. The number of fused-ring (bicyclic) bond motifs is 1. The van der Waals surface area contributed by atoms with E-state index in [1.165, 1.54) is 0 Å². The van der Waals surface area contributed by atoms with E-state index in [-0.39, 0.29) is 23.7 Å². The Balaban J connectivity index is 1.52. The van der Waals surface area contributed by atoms with Crippen molar-refractivity contribution in [3.8, 4) is 0 Å². The summed E-state index contributed by atoms with van der Waals surface area (Å²) in [7, 11) is 3.33. The summed E-state index contributed by atoms with van der Waals surface area (Å²) in [6, 6.07) is 7.25. The summed E-state index contributed by atoms with van der Waals surface area (Å²) >= 11 is 0. The van der Waals surface area contributed by atoms with Crippen molar-refractivity contribution in [2.24, 2.45) is 0 Å². The monoisotopic (exact) mass is 413 g/mol. The standard InChI is InChI=1S/C21H27N5O4/c1-25(11-14-10-15(12-30-2)24-23-14)20(28)13-3-8-19-18(9-13)22-21(29)26(19)16-4-6-17(27)7-5-16/h3,8-10,16-17,27H,4-7,11-12H2,1-2H3,(H,22,29)(H,23,24). The number of methoxy groups -OCH3 is 1. The van der Waals surface area contributed by atoms with Crippen molar-refractivity contribution >= 4 is 16.9 Å². The highest BCUT2D eigenvalue weighted by Crippen LogP contribution is 2.30. The Morgan fingerprint density at radius 3 is 2.80 bits per heavy atom. The molecule has 1 fully saturated rings. The van der Waals surface area contributed by atoms with Gasteiger partial charge in [-0.3, -0.25) is 14.5 Å². The molecule has 1 aliphatic carbocycles. The fourth-order valence-corrected chi connectivity index (χ4v) is 4.20. The summed E-state index contributed by atoms with van der Waals surface area (Å²) in [4.78, 5) is 29.9. The van der Waals surface area contributed by atoms with Gasteiger partial charge in [0.2, 0.25) is 0 Å². The van der Waals surface area contributed by atoms with E-state index in [0.717, 1.165) is 29.7 Å². The van der Waals surface area contributed by atoms with Crippen LogP contribution in [-0.4, -0.2) is 55.9 Å². The molecule has 0 unspecified atom stereocenters. The molecule has 3 aromatic rings. The number of amides is 1. The average molecular weight is 413 g/mol. The van der Waals surface area contributed by atoms with Crippen LogP contribution in [0.5, 0.6) is 0 Å². The molecule has 9 nitrogen and oxygen atoms in total. The Kier molecular flexibility index (Phi) is 5.74. The van der Waals surface area contributed by atoms with Gasteiger partial charge in [0, 0.05) is 25.8 Å². The molecule has 2 aromatic heterocycles. The van der Waals surface area contributed by atoms with Gasteiger partial charge in [-0.25, -0.2) is 4.79 Å². The molecular weight excluding hydrogens is 386 g/mol. The van der Waals surface area contributed by atoms with Crippen LogP contribution < -0.4 is 5.69 Å². The molecule has 0 radical (unpaired) electrons. The maximum absolute atomic E-state index is 12.9. The van der Waals surface area contributed by atoms with Crippen LogP contribution in [0.1, 0.15) is 53.5 Å². The van der Waals surface area contributed by atoms with Crippen LogP contribution in [0.25, 0.3) is 11.0 Å². The van der Waals surface area contributed by atoms with Crippen molar-refractivity contribution < 1.29 is 14.6 Å². The van der Waals surface area contributed by atoms with Gasteiger partial charge in [-0.1, -0.05) is 0 Å². The molecule has 30 heavy (non-hydrogen) atoms. The Morgan fingerprint density at radius 2 is 2.07 bits per heavy atom. The van der Waals surface area contributed by atoms with Crippen LogP contribution in [0, 0.1) is 0 Å². The van der Waals surface area contributed by atoms with Crippen LogP contribution in [0.15, 0.2) is 29.1 Å². The molecule has 3 N–H and O–H groups in total. The number of carbonyl (C=O) groups is 1. The maximum Gasteiger partial charge on any atom is 0.326 e. The normalized spacial score (nSPS) is 19.3. The molecule has 0 bridgehead atoms. The first-order valence-electron chi connectivity index (χ1n) is 10.2. The predicted molar refractivity (Wildman–Crippen MR) is 111 cm³/mol. The molecule has 0 atom stereocenters. The molecule has 1 amide bonds. The second-order valence-corrected chi connectivity index (χ2v) is 7.97. The fourth-order valence-electron chi connectivity index (χ4n) is 4.20. The molecule has 4 rings (SSSR count). The first-order valence-corrected chi connectivity index (χ1v) is 10.2. The molecule has 1 aliphatic rings. The van der Waals surface area contributed by atoms with Gasteiger partial charge >= 0.3 is 5.69 Å². The molecular formula is C21H27N5O4. The summed E-state index contributed by atoms with van der Waals surface area (Å²) in [6.45, 7) is 0.796. The van der Waals surface area contributed by atoms with E-state index in [4.69, 9.17) is 4.74 Å². The highest BCUT2D eigenvalue weighted by molar-refractivity contribution is 5.97. The van der Waals surface area contributed by atoms with E-state index in [1.54, 1.807) is 35.8 Å². The largest absolute Gasteiger partial charge is 0.393 e. The van der Waals surface area contributed by atoms with Crippen molar-refractivity contribution in [3.05, 3.63) is 51.7 Å². The molecule has 160 valence electrons. The van der Waals surface area contributed by atoms with Crippen molar-refractivity contribution in [2.45, 2.75) is 51.0 Å². The van der Waals surface area contributed by atoms with E-state index in [1.807, 2.05) is 12.1 Å². The second kappa shape index (κ2) is 8.45. The smallest absolute Gasteiger partial charge is 0.326 e. The van der Waals surface area contributed by atoms with Gasteiger partial charge in [-0.2, -0.15) is 5.10 Å². The number of hydrogen-bond acceptors (Lipinski definition) is 5. The number of aromatic nitrogens is 4. The Bertz CT molecular complexity index is 1090. The van der Waals surface area contributed by atoms with E-state index in [2.05, 4.69) is 15.2 Å². The number of aliphatic hydroxyl groups excluding tert-OH is 1. The van der Waals surface area contributed by atoms with E-state index in [0.29, 0.717) is 37.1 Å². The van der Waals surface area contributed by atoms with Gasteiger partial charge in [0.25, 0.3) is 5.91 Å². The number of aromatic amines is 2. The SMILES string of the molecule is COCc1cc(CN(C)C(=O)c2ccc3c(c2)[nH]c(=O)n3C2CCC(O)CC2)[nH]n1. The van der Waals surface area contributed by atoms with Gasteiger partial charge in [0.15, 0.2) is 0 Å². The van der Waals surface area contributed by atoms with Gasteiger partial charge in [0.05, 0.1) is 41.7 Å². The quantitative estimate of drug-likeness (QED) is 0.571. The number of H-pyrrole nitrogens is 2. The number of rotatable bonds is 6. The van der Waals surface area contributed by atoms with Crippen molar-refractivity contribution in [1.29, 1.82) is 0 Å². The molecule has 2 heterocycles. The molecule has 0 saturated heterocycles. The molecule has 0 aliphatic heterocycles. The number of aliphatic hydroxyl groups is 1. The number of imidazole rings is 1. The summed E-state index contributed by atoms with van der Waals surface area (Å²) in [6.07, 6.45) is 2.66. The van der Waals surface area contributed by atoms with Crippen molar-refractivity contribution in [3.63, 3.8) is 0 Å². The molecule has 1 aromatic carbocycles. The van der Waals surface area contributed by atoms with E-state index < -0.39 is 0 Å². The van der Waals surface area contributed by atoms with Crippen LogP contribution in [0.3, 0.4) is 0 Å². The average Bonchev–Trinajstić information content (AvgIpc) is 3.30. The van der Waals surface area contributed by atoms with Crippen molar-refractivity contribution in [2.75, 3.05) is 14.2 Å². The van der Waals surface area contributed by atoms with Gasteiger partial charge in [-0.15, -0.1) is 0 Å². The zero-order valence-electron chi connectivity index (χ0n) is 17.2. The lowest BCUT2D eigenvalue weighted by molar-refractivity contribution is 0.0783. The fraction of sp³-hybridized carbons (Fsp3) is 0.476. The van der Waals surface area contributed by atoms with Crippen LogP contribution in [0.2, 0.25) is 0 Å². The van der Waals surface area contributed by atoms with Crippen molar-refractivity contribution in [1.82, 2.24) is 24.6 Å². The summed E-state index contributed by atoms with van der Waals surface area (Å²) in [5, 5.41) is 16.8. The van der Waals surface area contributed by atoms with Crippen LogP contribution in [0.4, 0.5) is 0 Å². The Morgan fingerprint density at radius 1 is 1.30 bits per heavy atom. The predicted octanol–water partition coefficient (Wildman–Crippen LogP) is 1.95. The van der Waals surface area contributed by atoms with Gasteiger partial charge in [0.1, 0.15) is 0 Å².